The van der Waals surface area contributed by atoms with Crippen LogP contribution in [0.2, 0.25) is 5.02 Å². The molecule has 0 aromatic heterocycles. The number of hydrogen-bond acceptors (Lipinski definition) is 2. The lowest BCUT2D eigenvalue weighted by molar-refractivity contribution is 0.414. The Labute approximate surface area is 119 Å². The number of nitrogens with one attached hydrogen (secondary N) is 1. The summed E-state index contributed by atoms with van der Waals surface area (Å²) in [5.41, 5.74) is 3.47. The van der Waals surface area contributed by atoms with Gasteiger partial charge >= 0.3 is 0 Å². The minimum absolute atomic E-state index is 0.228. The normalized spacial score (nSPS) is 12.0. The molecule has 0 saturated carbocycles. The first-order valence-electron chi connectivity index (χ1n) is 6.27. The Bertz CT molecular complexity index is 551. The van der Waals surface area contributed by atoms with Crippen LogP contribution in [-0.2, 0) is 0 Å². The van der Waals surface area contributed by atoms with E-state index in [1.807, 2.05) is 30.3 Å². The van der Waals surface area contributed by atoms with E-state index in [1.54, 1.807) is 7.11 Å². The van der Waals surface area contributed by atoms with Crippen molar-refractivity contribution in [2.45, 2.75) is 19.9 Å². The average molecular weight is 276 g/mol. The second kappa shape index (κ2) is 5.98. The van der Waals surface area contributed by atoms with Gasteiger partial charge in [-0.2, -0.15) is 0 Å². The lowest BCUT2D eigenvalue weighted by Gasteiger charge is -2.18. The van der Waals surface area contributed by atoms with Gasteiger partial charge in [-0.15, -0.1) is 0 Å². The number of rotatable bonds is 4. The highest BCUT2D eigenvalue weighted by Gasteiger charge is 2.07. The number of methoxy groups -OCH3 is 1. The topological polar surface area (TPSA) is 21.3 Å². The molecule has 3 heteroatoms. The van der Waals surface area contributed by atoms with E-state index in [9.17, 15) is 0 Å². The Balaban J connectivity index is 2.13. The van der Waals surface area contributed by atoms with E-state index in [4.69, 9.17) is 16.3 Å². The van der Waals surface area contributed by atoms with Crippen molar-refractivity contribution >= 4 is 17.3 Å². The molecular formula is C16H18ClNO. The third kappa shape index (κ3) is 3.42. The second-order valence-corrected chi connectivity index (χ2v) is 5.03. The quantitative estimate of drug-likeness (QED) is 0.863. The van der Waals surface area contributed by atoms with E-state index in [-0.39, 0.29) is 6.04 Å². The third-order valence-electron chi connectivity index (χ3n) is 3.18. The van der Waals surface area contributed by atoms with E-state index in [0.29, 0.717) is 0 Å². The van der Waals surface area contributed by atoms with Crippen LogP contribution in [0.15, 0.2) is 42.5 Å². The van der Waals surface area contributed by atoms with Crippen LogP contribution in [0.1, 0.15) is 24.1 Å². The lowest BCUT2D eigenvalue weighted by Crippen LogP contribution is -2.07. The van der Waals surface area contributed by atoms with Crippen molar-refractivity contribution in [1.29, 1.82) is 0 Å². The summed E-state index contributed by atoms with van der Waals surface area (Å²) in [5, 5.41) is 4.26. The number of anilines is 1. The maximum Gasteiger partial charge on any atom is 0.118 e. The first-order valence-corrected chi connectivity index (χ1v) is 6.64. The van der Waals surface area contributed by atoms with Gasteiger partial charge in [0.15, 0.2) is 0 Å². The Morgan fingerprint density at radius 3 is 2.37 bits per heavy atom. The number of benzene rings is 2. The first-order chi connectivity index (χ1) is 9.10. The number of ether oxygens (including phenoxy) is 1. The van der Waals surface area contributed by atoms with Crippen molar-refractivity contribution in [2.24, 2.45) is 0 Å². The fourth-order valence-electron chi connectivity index (χ4n) is 2.00. The van der Waals surface area contributed by atoms with E-state index in [1.165, 1.54) is 5.56 Å². The molecule has 0 fully saturated rings. The van der Waals surface area contributed by atoms with Gasteiger partial charge in [-0.1, -0.05) is 23.7 Å². The van der Waals surface area contributed by atoms with Crippen LogP contribution in [0, 0.1) is 6.92 Å². The van der Waals surface area contributed by atoms with Gasteiger partial charge in [0.2, 0.25) is 0 Å². The fourth-order valence-corrected chi connectivity index (χ4v) is 2.22. The van der Waals surface area contributed by atoms with Crippen LogP contribution in [0.5, 0.6) is 5.75 Å². The zero-order valence-electron chi connectivity index (χ0n) is 11.4. The van der Waals surface area contributed by atoms with E-state index in [2.05, 4.69) is 31.3 Å². The molecule has 0 spiro atoms. The van der Waals surface area contributed by atoms with Crippen LogP contribution in [0.3, 0.4) is 0 Å². The standard InChI is InChI=1S/C16H18ClNO/c1-11-10-14(17)6-9-16(11)18-12(2)13-4-7-15(19-3)8-5-13/h4-10,12,18H,1-3H3. The number of halogens is 1. The molecule has 2 nitrogen and oxygen atoms in total. The monoisotopic (exact) mass is 275 g/mol. The van der Waals surface area contributed by atoms with Crippen molar-refractivity contribution in [3.63, 3.8) is 0 Å². The predicted octanol–water partition coefficient (Wildman–Crippen LogP) is 4.83. The molecule has 0 radical (unpaired) electrons. The summed E-state index contributed by atoms with van der Waals surface area (Å²) in [4.78, 5) is 0. The SMILES string of the molecule is COc1ccc(C(C)Nc2ccc(Cl)cc2C)cc1. The summed E-state index contributed by atoms with van der Waals surface area (Å²) < 4.78 is 5.16. The van der Waals surface area contributed by atoms with E-state index in [0.717, 1.165) is 22.0 Å². The molecule has 0 aliphatic rings. The Kier molecular flexibility index (Phi) is 4.33. The molecule has 2 aromatic carbocycles. The summed E-state index contributed by atoms with van der Waals surface area (Å²) in [6, 6.07) is 14.2. The molecule has 1 atom stereocenters. The second-order valence-electron chi connectivity index (χ2n) is 4.60. The average Bonchev–Trinajstić information content (AvgIpc) is 2.42. The molecule has 2 rings (SSSR count). The molecule has 0 saturated heterocycles. The molecule has 0 heterocycles. The molecule has 0 aliphatic heterocycles. The van der Waals surface area contributed by atoms with E-state index < -0.39 is 0 Å². The van der Waals surface area contributed by atoms with Gasteiger partial charge in [0, 0.05) is 16.8 Å². The summed E-state index contributed by atoms with van der Waals surface area (Å²) in [6.45, 7) is 4.19. The third-order valence-corrected chi connectivity index (χ3v) is 3.41. The van der Waals surface area contributed by atoms with Crippen molar-refractivity contribution in [3.05, 3.63) is 58.6 Å². The largest absolute Gasteiger partial charge is 0.497 e. The minimum atomic E-state index is 0.228. The van der Waals surface area contributed by atoms with Crippen molar-refractivity contribution < 1.29 is 4.74 Å². The minimum Gasteiger partial charge on any atom is -0.497 e. The van der Waals surface area contributed by atoms with Crippen LogP contribution >= 0.6 is 11.6 Å². The number of aryl methyl sites for hydroxylation is 1. The molecule has 0 aliphatic carbocycles. The highest BCUT2D eigenvalue weighted by Crippen LogP contribution is 2.25. The van der Waals surface area contributed by atoms with Gasteiger partial charge in [-0.05, 0) is 55.3 Å². The summed E-state index contributed by atoms with van der Waals surface area (Å²) in [6.07, 6.45) is 0. The maximum atomic E-state index is 5.96. The molecule has 0 amide bonds. The number of hydrogen-bond donors (Lipinski definition) is 1. The lowest BCUT2D eigenvalue weighted by atomic mass is 10.1. The molecule has 1 N–H and O–H groups in total. The van der Waals surface area contributed by atoms with Gasteiger partial charge in [0.25, 0.3) is 0 Å². The molecule has 2 aromatic rings. The zero-order chi connectivity index (χ0) is 13.8. The molecule has 0 bridgehead atoms. The van der Waals surface area contributed by atoms with Crippen molar-refractivity contribution in [1.82, 2.24) is 0 Å². The van der Waals surface area contributed by atoms with Gasteiger partial charge in [-0.3, -0.25) is 0 Å². The van der Waals surface area contributed by atoms with Crippen LogP contribution in [-0.4, -0.2) is 7.11 Å². The van der Waals surface area contributed by atoms with Crippen LogP contribution in [0.4, 0.5) is 5.69 Å². The van der Waals surface area contributed by atoms with Gasteiger partial charge in [0.1, 0.15) is 5.75 Å². The van der Waals surface area contributed by atoms with Crippen LogP contribution in [0.25, 0.3) is 0 Å². The maximum absolute atomic E-state index is 5.96. The smallest absolute Gasteiger partial charge is 0.118 e. The Hall–Kier alpha value is -1.67. The highest BCUT2D eigenvalue weighted by atomic mass is 35.5. The molecule has 100 valence electrons. The Morgan fingerprint density at radius 2 is 1.79 bits per heavy atom. The molecular weight excluding hydrogens is 258 g/mol. The van der Waals surface area contributed by atoms with Gasteiger partial charge in [-0.25, -0.2) is 0 Å². The first kappa shape index (κ1) is 13.8. The van der Waals surface area contributed by atoms with Gasteiger partial charge in [0.05, 0.1) is 7.11 Å². The molecule has 19 heavy (non-hydrogen) atoms. The highest BCUT2D eigenvalue weighted by molar-refractivity contribution is 6.30. The van der Waals surface area contributed by atoms with Crippen molar-refractivity contribution in [2.75, 3.05) is 12.4 Å². The zero-order valence-corrected chi connectivity index (χ0v) is 12.2. The summed E-state index contributed by atoms with van der Waals surface area (Å²) in [5.74, 6) is 0.874. The fraction of sp³-hybridized carbons (Fsp3) is 0.250. The predicted molar refractivity (Wildman–Crippen MR) is 81.2 cm³/mol. The summed E-state index contributed by atoms with van der Waals surface area (Å²) in [7, 11) is 1.67. The summed E-state index contributed by atoms with van der Waals surface area (Å²) >= 11 is 5.96. The van der Waals surface area contributed by atoms with Crippen molar-refractivity contribution in [3.8, 4) is 5.75 Å². The Morgan fingerprint density at radius 1 is 1.11 bits per heavy atom. The van der Waals surface area contributed by atoms with Gasteiger partial charge < -0.3 is 10.1 Å². The van der Waals surface area contributed by atoms with E-state index >= 15 is 0 Å². The molecule has 1 unspecified atom stereocenters. The van der Waals surface area contributed by atoms with Crippen LogP contribution < -0.4 is 10.1 Å².